The van der Waals surface area contributed by atoms with Crippen molar-refractivity contribution in [2.24, 2.45) is 0 Å². The van der Waals surface area contributed by atoms with Crippen molar-refractivity contribution in [2.45, 2.75) is 0 Å². The zero-order valence-electron chi connectivity index (χ0n) is 24.5. The molecule has 6 heteroatoms. The highest BCUT2D eigenvalue weighted by Crippen LogP contribution is 2.42. The first-order valence-electron chi connectivity index (χ1n) is 15.1. The number of fused-ring (bicyclic) bond motifs is 4. The van der Waals surface area contributed by atoms with E-state index in [1.807, 2.05) is 42.5 Å². The summed E-state index contributed by atoms with van der Waals surface area (Å²) < 4.78 is 3.61. The first-order valence-corrected chi connectivity index (χ1v) is 16.7. The topological polar surface area (TPSA) is 51.6 Å². The third kappa shape index (κ3) is 4.76. The van der Waals surface area contributed by atoms with E-state index in [1.54, 1.807) is 22.7 Å². The first kappa shape index (κ1) is 26.8. The van der Waals surface area contributed by atoms with E-state index in [4.69, 9.17) is 19.9 Å². The van der Waals surface area contributed by atoms with Crippen LogP contribution in [0, 0.1) is 0 Å². The minimum absolute atomic E-state index is 0.651. The van der Waals surface area contributed by atoms with Gasteiger partial charge in [-0.05, 0) is 35.4 Å². The van der Waals surface area contributed by atoms with Crippen LogP contribution in [0.3, 0.4) is 0 Å². The normalized spacial score (nSPS) is 11.5. The lowest BCUT2D eigenvalue weighted by molar-refractivity contribution is 1.08. The van der Waals surface area contributed by atoms with Crippen LogP contribution in [0.1, 0.15) is 0 Å². The average Bonchev–Trinajstić information content (AvgIpc) is 3.74. The van der Waals surface area contributed by atoms with Crippen LogP contribution in [0.4, 0.5) is 0 Å². The lowest BCUT2D eigenvalue weighted by Crippen LogP contribution is -2.00. The van der Waals surface area contributed by atoms with Gasteiger partial charge in [-0.1, -0.05) is 121 Å². The van der Waals surface area contributed by atoms with Crippen LogP contribution >= 0.6 is 22.7 Å². The molecular formula is C40H24N4S2. The van der Waals surface area contributed by atoms with Crippen LogP contribution in [-0.4, -0.2) is 19.9 Å². The van der Waals surface area contributed by atoms with Crippen molar-refractivity contribution >= 4 is 53.1 Å². The Morgan fingerprint density at radius 2 is 0.957 bits per heavy atom. The van der Waals surface area contributed by atoms with E-state index in [2.05, 4.69) is 103 Å². The van der Waals surface area contributed by atoms with Crippen LogP contribution in [0.25, 0.3) is 86.3 Å². The number of aromatic nitrogens is 4. The molecule has 6 aromatic carbocycles. The number of thiophene rings is 1. The summed E-state index contributed by atoms with van der Waals surface area (Å²) in [6.45, 7) is 0. The van der Waals surface area contributed by atoms with E-state index in [-0.39, 0.29) is 0 Å². The Bertz CT molecular complexity index is 2490. The van der Waals surface area contributed by atoms with Crippen molar-refractivity contribution in [1.29, 1.82) is 0 Å². The highest BCUT2D eigenvalue weighted by Gasteiger charge is 2.18. The van der Waals surface area contributed by atoms with Gasteiger partial charge in [0.2, 0.25) is 0 Å². The number of nitrogens with zero attached hydrogens (tertiary/aromatic N) is 4. The molecule has 0 amide bonds. The fourth-order valence-corrected chi connectivity index (χ4v) is 8.06. The van der Waals surface area contributed by atoms with Gasteiger partial charge in [-0.25, -0.2) is 19.9 Å². The monoisotopic (exact) mass is 624 g/mol. The zero-order chi connectivity index (χ0) is 30.5. The Hall–Kier alpha value is -5.56. The molecule has 3 aromatic heterocycles. The molecule has 216 valence electrons. The van der Waals surface area contributed by atoms with Crippen LogP contribution < -0.4 is 0 Å². The Labute approximate surface area is 273 Å². The standard InChI is InChI=1S/C40H24N4S2/c1-3-10-25(11-4-1)26-18-20-28(21-19-26)38-42-37(27-12-5-2-6-13-27)43-39(44-38)31-14-9-17-34-36(31)30-23-22-29(24-35(30)45-34)40-41-32-15-7-8-16-33(32)46-40/h1-24H. The fraction of sp³-hybridized carbons (Fsp3) is 0. The van der Waals surface area contributed by atoms with E-state index in [9.17, 15) is 0 Å². The summed E-state index contributed by atoms with van der Waals surface area (Å²) in [4.78, 5) is 20.0. The second-order valence-electron chi connectivity index (χ2n) is 11.1. The molecule has 9 aromatic rings. The number of hydrogen-bond acceptors (Lipinski definition) is 6. The summed E-state index contributed by atoms with van der Waals surface area (Å²) in [5.74, 6) is 1.97. The molecule has 9 rings (SSSR count). The van der Waals surface area contributed by atoms with Crippen molar-refractivity contribution in [3.05, 3.63) is 146 Å². The average molecular weight is 625 g/mol. The summed E-state index contributed by atoms with van der Waals surface area (Å²) in [6, 6.07) is 50.4. The first-order chi connectivity index (χ1) is 22.8. The largest absolute Gasteiger partial charge is 0.236 e. The number of para-hydroxylation sites is 1. The number of thiazole rings is 1. The molecule has 3 heterocycles. The van der Waals surface area contributed by atoms with E-state index in [0.717, 1.165) is 43.7 Å². The molecule has 0 saturated carbocycles. The van der Waals surface area contributed by atoms with Gasteiger partial charge >= 0.3 is 0 Å². The Morgan fingerprint density at radius 3 is 1.72 bits per heavy atom. The van der Waals surface area contributed by atoms with Crippen molar-refractivity contribution in [1.82, 2.24) is 19.9 Å². The minimum Gasteiger partial charge on any atom is -0.236 e. The van der Waals surface area contributed by atoms with Crippen molar-refractivity contribution in [3.8, 4) is 55.9 Å². The zero-order valence-corrected chi connectivity index (χ0v) is 26.1. The van der Waals surface area contributed by atoms with Crippen molar-refractivity contribution < 1.29 is 0 Å². The van der Waals surface area contributed by atoms with Gasteiger partial charge in [-0.15, -0.1) is 22.7 Å². The highest BCUT2D eigenvalue weighted by molar-refractivity contribution is 7.26. The van der Waals surface area contributed by atoms with Crippen LogP contribution in [0.5, 0.6) is 0 Å². The molecule has 0 atom stereocenters. The number of benzene rings is 6. The van der Waals surface area contributed by atoms with E-state index >= 15 is 0 Å². The third-order valence-corrected chi connectivity index (χ3v) is 10.4. The molecule has 0 aliphatic carbocycles. The second-order valence-corrected chi connectivity index (χ2v) is 13.2. The second kappa shape index (κ2) is 11.1. The van der Waals surface area contributed by atoms with Gasteiger partial charge in [0, 0.05) is 42.4 Å². The van der Waals surface area contributed by atoms with Gasteiger partial charge in [0.15, 0.2) is 17.5 Å². The molecule has 0 bridgehead atoms. The maximum atomic E-state index is 5.10. The van der Waals surface area contributed by atoms with Gasteiger partial charge in [-0.3, -0.25) is 0 Å². The molecule has 0 saturated heterocycles. The maximum Gasteiger partial charge on any atom is 0.164 e. The Kier molecular flexibility index (Phi) is 6.47. The lowest BCUT2D eigenvalue weighted by Gasteiger charge is -2.10. The molecule has 0 aliphatic rings. The Morgan fingerprint density at radius 1 is 0.370 bits per heavy atom. The summed E-state index contributed by atoms with van der Waals surface area (Å²) in [5, 5.41) is 3.39. The van der Waals surface area contributed by atoms with E-state index < -0.39 is 0 Å². The summed E-state index contributed by atoms with van der Waals surface area (Å²) >= 11 is 3.52. The summed E-state index contributed by atoms with van der Waals surface area (Å²) in [7, 11) is 0. The SMILES string of the molecule is c1ccc(-c2ccc(-c3nc(-c4ccccc4)nc(-c4cccc5sc6cc(-c7nc8ccccc8s7)ccc6c45)n3)cc2)cc1. The predicted octanol–water partition coefficient (Wildman–Crippen LogP) is 11.2. The van der Waals surface area contributed by atoms with Crippen molar-refractivity contribution in [2.75, 3.05) is 0 Å². The summed E-state index contributed by atoms with van der Waals surface area (Å²) in [6.07, 6.45) is 0. The van der Waals surface area contributed by atoms with Crippen molar-refractivity contribution in [3.63, 3.8) is 0 Å². The van der Waals surface area contributed by atoms with Gasteiger partial charge in [-0.2, -0.15) is 0 Å². The third-order valence-electron chi connectivity index (χ3n) is 8.20. The molecule has 0 N–H and O–H groups in total. The van der Waals surface area contributed by atoms with Crippen LogP contribution in [0.15, 0.2) is 146 Å². The summed E-state index contributed by atoms with van der Waals surface area (Å²) in [5.41, 5.74) is 7.40. The smallest absolute Gasteiger partial charge is 0.164 e. The fourth-order valence-electron chi connectivity index (χ4n) is 5.92. The molecule has 0 unspecified atom stereocenters. The quantitative estimate of drug-likeness (QED) is 0.191. The number of hydrogen-bond donors (Lipinski definition) is 0. The highest BCUT2D eigenvalue weighted by atomic mass is 32.1. The van der Waals surface area contributed by atoms with Gasteiger partial charge in [0.05, 0.1) is 10.2 Å². The van der Waals surface area contributed by atoms with Crippen LogP contribution in [0.2, 0.25) is 0 Å². The van der Waals surface area contributed by atoms with Gasteiger partial charge < -0.3 is 0 Å². The van der Waals surface area contributed by atoms with E-state index in [0.29, 0.717) is 17.5 Å². The van der Waals surface area contributed by atoms with Gasteiger partial charge in [0.1, 0.15) is 5.01 Å². The molecule has 0 aliphatic heterocycles. The number of rotatable bonds is 5. The Balaban J connectivity index is 1.19. The van der Waals surface area contributed by atoms with E-state index in [1.165, 1.54) is 25.0 Å². The molecule has 0 spiro atoms. The molecule has 46 heavy (non-hydrogen) atoms. The minimum atomic E-state index is 0.651. The molecule has 0 radical (unpaired) electrons. The lowest BCUT2D eigenvalue weighted by atomic mass is 10.0. The maximum absolute atomic E-state index is 5.10. The molecule has 4 nitrogen and oxygen atoms in total. The van der Waals surface area contributed by atoms with Crippen LogP contribution in [-0.2, 0) is 0 Å². The van der Waals surface area contributed by atoms with Gasteiger partial charge in [0.25, 0.3) is 0 Å². The molecular weight excluding hydrogens is 601 g/mol. The molecule has 0 fully saturated rings. The predicted molar refractivity (Wildman–Crippen MR) is 193 cm³/mol.